The van der Waals surface area contributed by atoms with Crippen molar-refractivity contribution in [2.24, 2.45) is 0 Å². The number of rotatable bonds is 5. The molecule has 1 rings (SSSR count). The van der Waals surface area contributed by atoms with Crippen molar-refractivity contribution in [3.05, 3.63) is 35.9 Å². The molecule has 0 heterocycles. The lowest BCUT2D eigenvalue weighted by atomic mass is 10.2. The maximum atomic E-state index is 8.80. The zero-order valence-electron chi connectivity index (χ0n) is 8.52. The van der Waals surface area contributed by atoms with E-state index in [1.807, 2.05) is 18.2 Å². The summed E-state index contributed by atoms with van der Waals surface area (Å²) >= 11 is 0. The average Bonchev–Trinajstić information content (AvgIpc) is 2.19. The van der Waals surface area contributed by atoms with E-state index in [2.05, 4.69) is 24.0 Å². The molecule has 0 bridgehead atoms. The Morgan fingerprint density at radius 2 is 1.86 bits per heavy atom. The fraction of sp³-hybridized carbons (Fsp3) is 0.455. The van der Waals surface area contributed by atoms with Gasteiger partial charge in [-0.15, -0.1) is 12.4 Å². The highest BCUT2D eigenvalue weighted by atomic mass is 35.5. The Morgan fingerprint density at radius 3 is 2.36 bits per heavy atom. The van der Waals surface area contributed by atoms with Crippen molar-refractivity contribution in [3.63, 3.8) is 0 Å². The monoisotopic (exact) mass is 215 g/mol. The zero-order chi connectivity index (χ0) is 9.52. The van der Waals surface area contributed by atoms with Crippen molar-refractivity contribution in [3.8, 4) is 0 Å². The SMILES string of the molecule is CCN(CCO)Cc1ccccc1.Cl. The van der Waals surface area contributed by atoms with E-state index in [1.54, 1.807) is 0 Å². The minimum absolute atomic E-state index is 0. The molecule has 0 saturated heterocycles. The first-order valence-corrected chi connectivity index (χ1v) is 4.74. The maximum Gasteiger partial charge on any atom is 0.0558 e. The fourth-order valence-electron chi connectivity index (χ4n) is 1.33. The van der Waals surface area contributed by atoms with Crippen LogP contribution in [0.2, 0.25) is 0 Å². The number of hydrogen-bond acceptors (Lipinski definition) is 2. The van der Waals surface area contributed by atoms with Crippen LogP contribution in [0.1, 0.15) is 12.5 Å². The van der Waals surface area contributed by atoms with Gasteiger partial charge in [0.25, 0.3) is 0 Å². The molecule has 0 aliphatic rings. The summed E-state index contributed by atoms with van der Waals surface area (Å²) in [6.45, 7) is 5.01. The van der Waals surface area contributed by atoms with Gasteiger partial charge in [-0.1, -0.05) is 37.3 Å². The summed E-state index contributed by atoms with van der Waals surface area (Å²) in [6.07, 6.45) is 0. The molecular formula is C11H18ClNO. The van der Waals surface area contributed by atoms with E-state index < -0.39 is 0 Å². The van der Waals surface area contributed by atoms with Crippen LogP contribution in [0.5, 0.6) is 0 Å². The molecule has 0 atom stereocenters. The number of hydrogen-bond donors (Lipinski definition) is 1. The van der Waals surface area contributed by atoms with E-state index in [-0.39, 0.29) is 19.0 Å². The van der Waals surface area contributed by atoms with Gasteiger partial charge >= 0.3 is 0 Å². The van der Waals surface area contributed by atoms with Crippen LogP contribution >= 0.6 is 12.4 Å². The number of aliphatic hydroxyl groups is 1. The molecule has 0 aliphatic heterocycles. The number of aliphatic hydroxyl groups excluding tert-OH is 1. The molecule has 0 aromatic heterocycles. The third-order valence-corrected chi connectivity index (χ3v) is 2.11. The fourth-order valence-corrected chi connectivity index (χ4v) is 1.33. The summed E-state index contributed by atoms with van der Waals surface area (Å²) in [5.74, 6) is 0. The molecule has 0 aliphatic carbocycles. The molecule has 3 heteroatoms. The topological polar surface area (TPSA) is 23.5 Å². The van der Waals surface area contributed by atoms with Crippen LogP contribution in [-0.2, 0) is 6.54 Å². The van der Waals surface area contributed by atoms with Gasteiger partial charge in [-0.3, -0.25) is 4.90 Å². The lowest BCUT2D eigenvalue weighted by Crippen LogP contribution is -2.25. The highest BCUT2D eigenvalue weighted by Crippen LogP contribution is 2.03. The first-order chi connectivity index (χ1) is 6.36. The third kappa shape index (κ3) is 4.61. The van der Waals surface area contributed by atoms with Crippen LogP contribution in [0.4, 0.5) is 0 Å². The Bertz CT molecular complexity index is 228. The number of halogens is 1. The van der Waals surface area contributed by atoms with Crippen molar-refractivity contribution in [1.29, 1.82) is 0 Å². The normalized spacial score (nSPS) is 9.93. The van der Waals surface area contributed by atoms with Gasteiger partial charge in [-0.05, 0) is 12.1 Å². The van der Waals surface area contributed by atoms with Crippen LogP contribution < -0.4 is 0 Å². The van der Waals surface area contributed by atoms with Crippen LogP contribution in [0.3, 0.4) is 0 Å². The number of nitrogens with zero attached hydrogens (tertiary/aromatic N) is 1. The largest absolute Gasteiger partial charge is 0.395 e. The molecule has 0 fully saturated rings. The summed E-state index contributed by atoms with van der Waals surface area (Å²) in [6, 6.07) is 10.3. The Hall–Kier alpha value is -0.570. The minimum Gasteiger partial charge on any atom is -0.395 e. The van der Waals surface area contributed by atoms with E-state index in [0.29, 0.717) is 0 Å². The highest BCUT2D eigenvalue weighted by Gasteiger charge is 2.01. The molecule has 0 unspecified atom stereocenters. The van der Waals surface area contributed by atoms with E-state index >= 15 is 0 Å². The number of benzene rings is 1. The molecular weight excluding hydrogens is 198 g/mol. The van der Waals surface area contributed by atoms with Crippen LogP contribution in [0, 0.1) is 0 Å². The lowest BCUT2D eigenvalue weighted by Gasteiger charge is -2.18. The van der Waals surface area contributed by atoms with Crippen molar-refractivity contribution in [2.75, 3.05) is 19.7 Å². The second kappa shape index (κ2) is 7.80. The van der Waals surface area contributed by atoms with E-state index in [9.17, 15) is 0 Å². The standard InChI is InChI=1S/C11H17NO.ClH/c1-2-12(8-9-13)10-11-6-4-3-5-7-11;/h3-7,13H,2,8-10H2,1H3;1H. The summed E-state index contributed by atoms with van der Waals surface area (Å²) < 4.78 is 0. The smallest absolute Gasteiger partial charge is 0.0558 e. The summed E-state index contributed by atoms with van der Waals surface area (Å²) in [5.41, 5.74) is 1.30. The summed E-state index contributed by atoms with van der Waals surface area (Å²) in [5, 5.41) is 8.80. The average molecular weight is 216 g/mol. The van der Waals surface area contributed by atoms with Gasteiger partial charge in [0.1, 0.15) is 0 Å². The Balaban J connectivity index is 0.00000169. The molecule has 1 aromatic rings. The van der Waals surface area contributed by atoms with Gasteiger partial charge in [0, 0.05) is 13.1 Å². The Labute approximate surface area is 92.0 Å². The quantitative estimate of drug-likeness (QED) is 0.812. The first kappa shape index (κ1) is 13.4. The van der Waals surface area contributed by atoms with Crippen LogP contribution in [0.25, 0.3) is 0 Å². The van der Waals surface area contributed by atoms with Crippen LogP contribution in [0.15, 0.2) is 30.3 Å². The second-order valence-corrected chi connectivity index (χ2v) is 3.08. The van der Waals surface area contributed by atoms with Gasteiger partial charge < -0.3 is 5.11 Å². The van der Waals surface area contributed by atoms with Crippen molar-refractivity contribution < 1.29 is 5.11 Å². The minimum atomic E-state index is 0. The first-order valence-electron chi connectivity index (χ1n) is 4.74. The molecule has 14 heavy (non-hydrogen) atoms. The lowest BCUT2D eigenvalue weighted by molar-refractivity contribution is 0.197. The van der Waals surface area contributed by atoms with Gasteiger partial charge in [0.2, 0.25) is 0 Å². The van der Waals surface area contributed by atoms with E-state index in [0.717, 1.165) is 19.6 Å². The molecule has 1 N–H and O–H groups in total. The molecule has 80 valence electrons. The second-order valence-electron chi connectivity index (χ2n) is 3.08. The molecule has 0 saturated carbocycles. The third-order valence-electron chi connectivity index (χ3n) is 2.11. The number of likely N-dealkylation sites (N-methyl/N-ethyl adjacent to an activating group) is 1. The van der Waals surface area contributed by atoms with Crippen molar-refractivity contribution in [1.82, 2.24) is 4.90 Å². The molecule has 0 spiro atoms. The molecule has 0 radical (unpaired) electrons. The van der Waals surface area contributed by atoms with Gasteiger partial charge in [0.05, 0.1) is 6.61 Å². The van der Waals surface area contributed by atoms with Gasteiger partial charge in [-0.2, -0.15) is 0 Å². The summed E-state index contributed by atoms with van der Waals surface area (Å²) in [4.78, 5) is 2.22. The molecule has 0 amide bonds. The van der Waals surface area contributed by atoms with Crippen molar-refractivity contribution in [2.45, 2.75) is 13.5 Å². The highest BCUT2D eigenvalue weighted by molar-refractivity contribution is 5.85. The van der Waals surface area contributed by atoms with Gasteiger partial charge in [-0.25, -0.2) is 0 Å². The zero-order valence-corrected chi connectivity index (χ0v) is 9.33. The van der Waals surface area contributed by atoms with Crippen LogP contribution in [-0.4, -0.2) is 29.7 Å². The molecule has 2 nitrogen and oxygen atoms in total. The Morgan fingerprint density at radius 1 is 1.21 bits per heavy atom. The maximum absolute atomic E-state index is 8.80. The predicted octanol–water partition coefficient (Wildman–Crippen LogP) is 1.92. The Kier molecular flexibility index (Phi) is 7.48. The summed E-state index contributed by atoms with van der Waals surface area (Å²) in [7, 11) is 0. The van der Waals surface area contributed by atoms with Gasteiger partial charge in [0.15, 0.2) is 0 Å². The van der Waals surface area contributed by atoms with Crippen molar-refractivity contribution >= 4 is 12.4 Å². The molecule has 1 aromatic carbocycles. The van der Waals surface area contributed by atoms with E-state index in [1.165, 1.54) is 5.56 Å². The van der Waals surface area contributed by atoms with E-state index in [4.69, 9.17) is 5.11 Å². The predicted molar refractivity (Wildman–Crippen MR) is 61.7 cm³/mol.